The highest BCUT2D eigenvalue weighted by atomic mass is 32.2. The zero-order chi connectivity index (χ0) is 19.3. The largest absolute Gasteiger partial charge is 0.484 e. The molecule has 0 aliphatic carbocycles. The molecule has 1 fully saturated rings. The molecule has 1 saturated heterocycles. The molecule has 2 aromatic carbocycles. The van der Waals surface area contributed by atoms with Crippen molar-refractivity contribution in [2.75, 3.05) is 38.2 Å². The Balaban J connectivity index is 1.63. The van der Waals surface area contributed by atoms with Crippen molar-refractivity contribution in [1.82, 2.24) is 4.31 Å². The van der Waals surface area contributed by atoms with E-state index in [1.165, 1.54) is 16.4 Å². The van der Waals surface area contributed by atoms with Crippen LogP contribution < -0.4 is 10.1 Å². The summed E-state index contributed by atoms with van der Waals surface area (Å²) in [5, 5.41) is 2.67. The molecule has 8 heteroatoms. The molecule has 1 heterocycles. The van der Waals surface area contributed by atoms with E-state index >= 15 is 0 Å². The number of aryl methyl sites for hydroxylation is 1. The minimum atomic E-state index is -3.61. The van der Waals surface area contributed by atoms with E-state index in [-0.39, 0.29) is 17.4 Å². The first-order chi connectivity index (χ1) is 12.9. The first-order valence-electron chi connectivity index (χ1n) is 8.62. The van der Waals surface area contributed by atoms with Crippen LogP contribution in [-0.2, 0) is 19.6 Å². The van der Waals surface area contributed by atoms with E-state index in [1.807, 2.05) is 19.1 Å². The lowest BCUT2D eigenvalue weighted by molar-refractivity contribution is -0.118. The summed E-state index contributed by atoms with van der Waals surface area (Å²) in [7, 11) is -3.61. The van der Waals surface area contributed by atoms with Crippen molar-refractivity contribution >= 4 is 21.6 Å². The zero-order valence-corrected chi connectivity index (χ0v) is 15.9. The van der Waals surface area contributed by atoms with Gasteiger partial charge in [-0.1, -0.05) is 23.8 Å². The average Bonchev–Trinajstić information content (AvgIpc) is 2.68. The van der Waals surface area contributed by atoms with Crippen molar-refractivity contribution < 1.29 is 22.7 Å². The van der Waals surface area contributed by atoms with Gasteiger partial charge in [0.2, 0.25) is 10.0 Å². The molecule has 0 bridgehead atoms. The van der Waals surface area contributed by atoms with Crippen LogP contribution in [0.1, 0.15) is 5.56 Å². The second-order valence-corrected chi connectivity index (χ2v) is 8.13. The van der Waals surface area contributed by atoms with Crippen LogP contribution in [0.3, 0.4) is 0 Å². The van der Waals surface area contributed by atoms with Gasteiger partial charge in [0.25, 0.3) is 5.91 Å². The van der Waals surface area contributed by atoms with Crippen molar-refractivity contribution in [2.24, 2.45) is 0 Å². The Morgan fingerprint density at radius 2 is 1.85 bits per heavy atom. The fraction of sp³-hybridized carbons (Fsp3) is 0.316. The molecule has 144 valence electrons. The molecular formula is C19H22N2O5S. The molecule has 0 unspecified atom stereocenters. The number of sulfonamides is 1. The Morgan fingerprint density at radius 3 is 2.56 bits per heavy atom. The summed E-state index contributed by atoms with van der Waals surface area (Å²) >= 11 is 0. The third kappa shape index (κ3) is 5.06. The lowest BCUT2D eigenvalue weighted by Crippen LogP contribution is -2.40. The lowest BCUT2D eigenvalue weighted by atomic mass is 10.2. The van der Waals surface area contributed by atoms with Gasteiger partial charge in [0.05, 0.1) is 18.1 Å². The van der Waals surface area contributed by atoms with Crippen LogP contribution in [0.4, 0.5) is 5.69 Å². The van der Waals surface area contributed by atoms with Crippen LogP contribution in [0.25, 0.3) is 0 Å². The second-order valence-electron chi connectivity index (χ2n) is 6.19. The highest BCUT2D eigenvalue weighted by Crippen LogP contribution is 2.20. The molecule has 0 atom stereocenters. The van der Waals surface area contributed by atoms with Crippen molar-refractivity contribution in [1.29, 1.82) is 0 Å². The first-order valence-corrected chi connectivity index (χ1v) is 10.1. The fourth-order valence-corrected chi connectivity index (χ4v) is 4.11. The molecular weight excluding hydrogens is 368 g/mol. The minimum Gasteiger partial charge on any atom is -0.484 e. The van der Waals surface area contributed by atoms with Gasteiger partial charge < -0.3 is 14.8 Å². The fourth-order valence-electron chi connectivity index (χ4n) is 2.65. The number of rotatable bonds is 6. The van der Waals surface area contributed by atoms with Gasteiger partial charge in [-0.15, -0.1) is 0 Å². The predicted molar refractivity (Wildman–Crippen MR) is 101 cm³/mol. The quantitative estimate of drug-likeness (QED) is 0.816. The van der Waals surface area contributed by atoms with Gasteiger partial charge in [0.15, 0.2) is 6.61 Å². The normalized spacial score (nSPS) is 15.3. The molecule has 1 N–H and O–H groups in total. The maximum atomic E-state index is 12.7. The maximum Gasteiger partial charge on any atom is 0.262 e. The third-order valence-electron chi connectivity index (χ3n) is 4.12. The van der Waals surface area contributed by atoms with Crippen LogP contribution in [-0.4, -0.2) is 51.5 Å². The standard InChI is InChI=1S/C19H22N2O5S/c1-15-5-7-17(8-6-15)26-14-19(22)20-16-3-2-4-18(13-16)27(23,24)21-9-11-25-12-10-21/h2-8,13H,9-12,14H2,1H3,(H,20,22). The SMILES string of the molecule is Cc1ccc(OCC(=O)Nc2cccc(S(=O)(=O)N3CCOCC3)c2)cc1. The van der Waals surface area contributed by atoms with Gasteiger partial charge in [-0.05, 0) is 37.3 Å². The van der Waals surface area contributed by atoms with Crippen LogP contribution in [0.2, 0.25) is 0 Å². The number of benzene rings is 2. The first kappa shape index (κ1) is 19.3. The third-order valence-corrected chi connectivity index (χ3v) is 6.01. The Labute approximate surface area is 158 Å². The van der Waals surface area contributed by atoms with Gasteiger partial charge in [0, 0.05) is 18.8 Å². The van der Waals surface area contributed by atoms with Gasteiger partial charge in [-0.3, -0.25) is 4.79 Å². The summed E-state index contributed by atoms with van der Waals surface area (Å²) in [6, 6.07) is 13.6. The maximum absolute atomic E-state index is 12.7. The van der Waals surface area contributed by atoms with E-state index in [4.69, 9.17) is 9.47 Å². The molecule has 7 nitrogen and oxygen atoms in total. The van der Waals surface area contributed by atoms with E-state index in [2.05, 4.69) is 5.32 Å². The van der Waals surface area contributed by atoms with E-state index in [9.17, 15) is 13.2 Å². The van der Waals surface area contributed by atoms with Crippen molar-refractivity contribution in [3.63, 3.8) is 0 Å². The number of morpholine rings is 1. The molecule has 2 aromatic rings. The van der Waals surface area contributed by atoms with Crippen molar-refractivity contribution in [2.45, 2.75) is 11.8 Å². The Morgan fingerprint density at radius 1 is 1.15 bits per heavy atom. The highest BCUT2D eigenvalue weighted by Gasteiger charge is 2.26. The Hall–Kier alpha value is -2.42. The van der Waals surface area contributed by atoms with Crippen molar-refractivity contribution in [3.8, 4) is 5.75 Å². The van der Waals surface area contributed by atoms with E-state index in [1.54, 1.807) is 24.3 Å². The van der Waals surface area contributed by atoms with E-state index < -0.39 is 10.0 Å². The topological polar surface area (TPSA) is 84.9 Å². The van der Waals surface area contributed by atoms with Gasteiger partial charge >= 0.3 is 0 Å². The Bertz CT molecular complexity index is 891. The van der Waals surface area contributed by atoms with Gasteiger partial charge in [0.1, 0.15) is 5.75 Å². The number of nitrogens with one attached hydrogen (secondary N) is 1. The van der Waals surface area contributed by atoms with Gasteiger partial charge in [-0.25, -0.2) is 8.42 Å². The molecule has 1 amide bonds. The summed E-state index contributed by atoms with van der Waals surface area (Å²) in [4.78, 5) is 12.2. The minimum absolute atomic E-state index is 0.140. The smallest absolute Gasteiger partial charge is 0.262 e. The van der Waals surface area contributed by atoms with Crippen LogP contribution in [0.5, 0.6) is 5.75 Å². The lowest BCUT2D eigenvalue weighted by Gasteiger charge is -2.26. The molecule has 0 saturated carbocycles. The number of carbonyl (C=O) groups is 1. The summed E-state index contributed by atoms with van der Waals surface area (Å²) in [5.74, 6) is 0.232. The molecule has 27 heavy (non-hydrogen) atoms. The molecule has 0 aromatic heterocycles. The predicted octanol–water partition coefficient (Wildman–Crippen LogP) is 2.03. The number of ether oxygens (including phenoxy) is 2. The summed E-state index contributed by atoms with van der Waals surface area (Å²) in [6.07, 6.45) is 0. The number of hydrogen-bond donors (Lipinski definition) is 1. The molecule has 1 aliphatic rings. The average molecular weight is 390 g/mol. The molecule has 0 radical (unpaired) electrons. The van der Waals surface area contributed by atoms with Crippen LogP contribution in [0.15, 0.2) is 53.4 Å². The molecule has 3 rings (SSSR count). The summed E-state index contributed by atoms with van der Waals surface area (Å²) in [6.45, 7) is 3.21. The summed E-state index contributed by atoms with van der Waals surface area (Å²) in [5.41, 5.74) is 1.51. The van der Waals surface area contributed by atoms with Gasteiger partial charge in [-0.2, -0.15) is 4.31 Å². The number of hydrogen-bond acceptors (Lipinski definition) is 5. The number of anilines is 1. The second kappa shape index (κ2) is 8.51. The number of carbonyl (C=O) groups excluding carboxylic acids is 1. The molecule has 0 spiro atoms. The van der Waals surface area contributed by atoms with Crippen molar-refractivity contribution in [3.05, 3.63) is 54.1 Å². The monoisotopic (exact) mass is 390 g/mol. The molecule has 1 aliphatic heterocycles. The Kier molecular flexibility index (Phi) is 6.10. The van der Waals surface area contributed by atoms with Crippen LogP contribution in [0, 0.1) is 6.92 Å². The van der Waals surface area contributed by atoms with E-state index in [0.717, 1.165) is 5.56 Å². The van der Waals surface area contributed by atoms with Crippen LogP contribution >= 0.6 is 0 Å². The highest BCUT2D eigenvalue weighted by molar-refractivity contribution is 7.89. The number of amides is 1. The number of nitrogens with zero attached hydrogens (tertiary/aromatic N) is 1. The zero-order valence-electron chi connectivity index (χ0n) is 15.1. The summed E-state index contributed by atoms with van der Waals surface area (Å²) < 4.78 is 37.4. The van der Waals surface area contributed by atoms with E-state index in [0.29, 0.717) is 37.7 Å².